The van der Waals surface area contributed by atoms with Crippen molar-refractivity contribution in [2.75, 3.05) is 0 Å². The lowest BCUT2D eigenvalue weighted by Gasteiger charge is -1.99. The van der Waals surface area contributed by atoms with E-state index in [9.17, 15) is 9.59 Å². The van der Waals surface area contributed by atoms with Crippen molar-refractivity contribution < 1.29 is 14.0 Å². The quantitative estimate of drug-likeness (QED) is 0.482. The molecule has 0 amide bonds. The van der Waals surface area contributed by atoms with Crippen molar-refractivity contribution in [1.29, 1.82) is 0 Å². The first kappa shape index (κ1) is 14.3. The van der Waals surface area contributed by atoms with Gasteiger partial charge < -0.3 is 4.42 Å². The van der Waals surface area contributed by atoms with Crippen molar-refractivity contribution in [3.63, 3.8) is 0 Å². The number of Topliss-reactive ketones (excluding diaryl/α,β-unsaturated/α-hetero) is 2. The summed E-state index contributed by atoms with van der Waals surface area (Å²) >= 11 is 6.09. The first-order chi connectivity index (χ1) is 9.49. The van der Waals surface area contributed by atoms with E-state index in [0.717, 1.165) is 5.56 Å². The van der Waals surface area contributed by atoms with Gasteiger partial charge in [0.25, 0.3) is 0 Å². The van der Waals surface area contributed by atoms with Gasteiger partial charge in [0.15, 0.2) is 11.6 Å². The molecular weight excluding hydrogens is 276 g/mol. The van der Waals surface area contributed by atoms with Crippen molar-refractivity contribution in [1.82, 2.24) is 0 Å². The van der Waals surface area contributed by atoms with Crippen LogP contribution in [0.5, 0.6) is 0 Å². The van der Waals surface area contributed by atoms with Crippen LogP contribution in [0.1, 0.15) is 19.6 Å². The predicted molar refractivity (Wildman–Crippen MR) is 78.5 cm³/mol. The number of ketones is 2. The SMILES string of the molecule is CC(=O)C(=Cc1ccc(-c2ccccc2Cl)o1)C(C)=O. The Kier molecular flexibility index (Phi) is 4.20. The van der Waals surface area contributed by atoms with Gasteiger partial charge in [0.2, 0.25) is 0 Å². The van der Waals surface area contributed by atoms with Crippen LogP contribution in [0.25, 0.3) is 17.4 Å². The molecule has 4 heteroatoms. The molecule has 0 aliphatic heterocycles. The summed E-state index contributed by atoms with van der Waals surface area (Å²) in [5.74, 6) is 0.468. The largest absolute Gasteiger partial charge is 0.457 e. The van der Waals surface area contributed by atoms with Crippen LogP contribution in [0.2, 0.25) is 5.02 Å². The molecule has 3 nitrogen and oxygen atoms in total. The third kappa shape index (κ3) is 3.06. The normalized spacial score (nSPS) is 10.2. The van der Waals surface area contributed by atoms with E-state index in [1.165, 1.54) is 19.9 Å². The second-order valence-electron chi connectivity index (χ2n) is 4.35. The number of carbonyl (C=O) groups excluding carboxylic acids is 2. The summed E-state index contributed by atoms with van der Waals surface area (Å²) in [6, 6.07) is 10.8. The summed E-state index contributed by atoms with van der Waals surface area (Å²) in [4.78, 5) is 22.7. The van der Waals surface area contributed by atoms with Gasteiger partial charge in [-0.2, -0.15) is 0 Å². The van der Waals surface area contributed by atoms with Gasteiger partial charge in [0, 0.05) is 5.56 Å². The van der Waals surface area contributed by atoms with Gasteiger partial charge >= 0.3 is 0 Å². The van der Waals surface area contributed by atoms with Crippen LogP contribution in [-0.4, -0.2) is 11.6 Å². The lowest BCUT2D eigenvalue weighted by molar-refractivity contribution is -0.119. The molecule has 1 aromatic heterocycles. The van der Waals surface area contributed by atoms with Crippen molar-refractivity contribution in [2.45, 2.75) is 13.8 Å². The van der Waals surface area contributed by atoms with Crippen LogP contribution in [0.3, 0.4) is 0 Å². The molecule has 1 heterocycles. The van der Waals surface area contributed by atoms with Crippen molar-refractivity contribution in [3.05, 3.63) is 52.8 Å². The highest BCUT2D eigenvalue weighted by atomic mass is 35.5. The molecule has 0 saturated carbocycles. The van der Waals surface area contributed by atoms with E-state index in [-0.39, 0.29) is 17.1 Å². The van der Waals surface area contributed by atoms with E-state index < -0.39 is 0 Å². The molecule has 0 radical (unpaired) electrons. The van der Waals surface area contributed by atoms with Crippen LogP contribution in [-0.2, 0) is 9.59 Å². The molecule has 0 fully saturated rings. The Morgan fingerprint density at radius 3 is 2.30 bits per heavy atom. The number of rotatable bonds is 4. The number of allylic oxidation sites excluding steroid dienone is 1. The second kappa shape index (κ2) is 5.88. The Morgan fingerprint density at radius 1 is 1.05 bits per heavy atom. The molecule has 0 N–H and O–H groups in total. The van der Waals surface area contributed by atoms with Crippen molar-refractivity contribution in [2.24, 2.45) is 0 Å². The molecule has 102 valence electrons. The second-order valence-corrected chi connectivity index (χ2v) is 4.76. The number of furan rings is 1. The van der Waals surface area contributed by atoms with Crippen LogP contribution in [0.15, 0.2) is 46.4 Å². The summed E-state index contributed by atoms with van der Waals surface area (Å²) in [5, 5.41) is 0.579. The topological polar surface area (TPSA) is 47.3 Å². The summed E-state index contributed by atoms with van der Waals surface area (Å²) in [7, 11) is 0. The Balaban J connectivity index is 2.39. The first-order valence-corrected chi connectivity index (χ1v) is 6.45. The van der Waals surface area contributed by atoms with E-state index >= 15 is 0 Å². The van der Waals surface area contributed by atoms with E-state index in [1.54, 1.807) is 18.2 Å². The Morgan fingerprint density at radius 2 is 1.70 bits per heavy atom. The van der Waals surface area contributed by atoms with Crippen molar-refractivity contribution in [3.8, 4) is 11.3 Å². The molecule has 0 atom stereocenters. The minimum Gasteiger partial charge on any atom is -0.457 e. The fraction of sp³-hybridized carbons (Fsp3) is 0.125. The van der Waals surface area contributed by atoms with E-state index in [0.29, 0.717) is 16.5 Å². The van der Waals surface area contributed by atoms with Gasteiger partial charge in [0.05, 0.1) is 10.6 Å². The lowest BCUT2D eigenvalue weighted by Crippen LogP contribution is -2.05. The molecule has 0 spiro atoms. The molecule has 0 bridgehead atoms. The standard InChI is InChI=1S/C16H13ClO3/c1-10(18)14(11(2)19)9-12-7-8-16(20-12)13-5-3-4-6-15(13)17/h3-9H,1-2H3. The summed E-state index contributed by atoms with van der Waals surface area (Å²) in [6.07, 6.45) is 1.45. The molecule has 20 heavy (non-hydrogen) atoms. The highest BCUT2D eigenvalue weighted by Gasteiger charge is 2.12. The fourth-order valence-corrected chi connectivity index (χ4v) is 2.06. The number of hydrogen-bond donors (Lipinski definition) is 0. The maximum Gasteiger partial charge on any atom is 0.163 e. The Labute approximate surface area is 121 Å². The predicted octanol–water partition coefficient (Wildman–Crippen LogP) is 4.16. The van der Waals surface area contributed by atoms with E-state index in [1.807, 2.05) is 18.2 Å². The fourth-order valence-electron chi connectivity index (χ4n) is 1.83. The molecule has 2 rings (SSSR count). The van der Waals surface area contributed by atoms with Gasteiger partial charge in [-0.1, -0.05) is 23.7 Å². The van der Waals surface area contributed by atoms with Crippen LogP contribution in [0, 0.1) is 0 Å². The summed E-state index contributed by atoms with van der Waals surface area (Å²) in [6.45, 7) is 2.70. The monoisotopic (exact) mass is 288 g/mol. The van der Waals surface area contributed by atoms with Crippen LogP contribution >= 0.6 is 11.6 Å². The number of benzene rings is 1. The average molecular weight is 289 g/mol. The highest BCUT2D eigenvalue weighted by molar-refractivity contribution is 6.33. The Bertz CT molecular complexity index is 679. The zero-order chi connectivity index (χ0) is 14.7. The zero-order valence-electron chi connectivity index (χ0n) is 11.1. The number of halogens is 1. The minimum absolute atomic E-state index is 0.116. The molecule has 0 saturated heterocycles. The van der Waals surface area contributed by atoms with Gasteiger partial charge in [-0.3, -0.25) is 9.59 Å². The maximum atomic E-state index is 11.4. The zero-order valence-corrected chi connectivity index (χ0v) is 11.9. The number of carbonyl (C=O) groups is 2. The van der Waals surface area contributed by atoms with Crippen LogP contribution in [0.4, 0.5) is 0 Å². The van der Waals surface area contributed by atoms with Crippen molar-refractivity contribution >= 4 is 29.2 Å². The lowest BCUT2D eigenvalue weighted by atomic mass is 10.1. The molecule has 0 unspecified atom stereocenters. The molecule has 0 aliphatic carbocycles. The van der Waals surface area contributed by atoms with Gasteiger partial charge in [-0.15, -0.1) is 0 Å². The van der Waals surface area contributed by atoms with E-state index in [2.05, 4.69) is 0 Å². The average Bonchev–Trinajstić information content (AvgIpc) is 2.84. The van der Waals surface area contributed by atoms with Gasteiger partial charge in [-0.05, 0) is 44.2 Å². The first-order valence-electron chi connectivity index (χ1n) is 6.07. The maximum absolute atomic E-state index is 11.4. The van der Waals surface area contributed by atoms with E-state index in [4.69, 9.17) is 16.0 Å². The molecular formula is C16H13ClO3. The molecule has 1 aromatic carbocycles. The smallest absolute Gasteiger partial charge is 0.163 e. The Hall–Kier alpha value is -2.13. The van der Waals surface area contributed by atoms with Crippen LogP contribution < -0.4 is 0 Å². The molecule has 2 aromatic rings. The van der Waals surface area contributed by atoms with Gasteiger partial charge in [0.1, 0.15) is 11.5 Å². The summed E-state index contributed by atoms with van der Waals surface area (Å²) in [5.41, 5.74) is 0.881. The van der Waals surface area contributed by atoms with Gasteiger partial charge in [-0.25, -0.2) is 0 Å². The third-order valence-corrected chi connectivity index (χ3v) is 3.14. The minimum atomic E-state index is -0.284. The third-order valence-electron chi connectivity index (χ3n) is 2.81. The summed E-state index contributed by atoms with van der Waals surface area (Å²) < 4.78 is 5.62. The highest BCUT2D eigenvalue weighted by Crippen LogP contribution is 2.29. The molecule has 0 aliphatic rings. The number of hydrogen-bond acceptors (Lipinski definition) is 3.